The van der Waals surface area contributed by atoms with Crippen LogP contribution >= 0.6 is 0 Å². The van der Waals surface area contributed by atoms with Crippen LogP contribution in [-0.2, 0) is 4.79 Å². The van der Waals surface area contributed by atoms with Crippen LogP contribution in [-0.4, -0.2) is 32.4 Å². The van der Waals surface area contributed by atoms with Crippen molar-refractivity contribution in [3.8, 4) is 17.2 Å². The van der Waals surface area contributed by atoms with E-state index in [1.54, 1.807) is 12.1 Å². The first-order valence-corrected chi connectivity index (χ1v) is 7.65. The lowest BCUT2D eigenvalue weighted by molar-refractivity contribution is -0.140. The zero-order valence-corrected chi connectivity index (χ0v) is 13.4. The fourth-order valence-electron chi connectivity index (χ4n) is 3.36. The number of hydrogen-bond acceptors (Lipinski definition) is 4. The van der Waals surface area contributed by atoms with Gasteiger partial charge in [-0.15, -0.1) is 0 Å². The van der Waals surface area contributed by atoms with Crippen molar-refractivity contribution in [1.29, 1.82) is 0 Å². The van der Waals surface area contributed by atoms with Gasteiger partial charge in [0.1, 0.15) is 0 Å². The standard InChI is InChI=1S/C17H24O5/c1-20-13-9-12(10-14(21-2)16(13)22-3)15(17(18)19)11-7-5-4-6-8-11/h9-11,15H,4-8H2,1-3H3,(H,18,19)/t15-/m0/s1. The van der Waals surface area contributed by atoms with Crippen molar-refractivity contribution in [2.45, 2.75) is 38.0 Å². The molecular weight excluding hydrogens is 284 g/mol. The van der Waals surface area contributed by atoms with Crippen LogP contribution in [0.2, 0.25) is 0 Å². The van der Waals surface area contributed by atoms with Crippen LogP contribution in [0.3, 0.4) is 0 Å². The maximum Gasteiger partial charge on any atom is 0.311 e. The second kappa shape index (κ2) is 7.38. The molecule has 0 heterocycles. The van der Waals surface area contributed by atoms with Gasteiger partial charge in [0.25, 0.3) is 0 Å². The van der Waals surface area contributed by atoms with Gasteiger partial charge >= 0.3 is 5.97 Å². The number of ether oxygens (including phenoxy) is 3. The SMILES string of the molecule is COc1cc([C@@H](C(=O)O)C2CCCCC2)cc(OC)c1OC. The van der Waals surface area contributed by atoms with Crippen molar-refractivity contribution in [1.82, 2.24) is 0 Å². The summed E-state index contributed by atoms with van der Waals surface area (Å²) in [6, 6.07) is 3.52. The maximum atomic E-state index is 11.8. The second-order valence-electron chi connectivity index (χ2n) is 5.67. The molecule has 0 aliphatic heterocycles. The predicted molar refractivity (Wildman–Crippen MR) is 83.0 cm³/mol. The van der Waals surface area contributed by atoms with E-state index in [0.29, 0.717) is 22.8 Å². The summed E-state index contributed by atoms with van der Waals surface area (Å²) in [5.41, 5.74) is 0.717. The van der Waals surface area contributed by atoms with E-state index in [4.69, 9.17) is 14.2 Å². The molecule has 122 valence electrons. The van der Waals surface area contributed by atoms with E-state index in [9.17, 15) is 9.90 Å². The van der Waals surface area contributed by atoms with Crippen LogP contribution in [0.1, 0.15) is 43.6 Å². The highest BCUT2D eigenvalue weighted by Crippen LogP contribution is 2.43. The van der Waals surface area contributed by atoms with Crippen LogP contribution < -0.4 is 14.2 Å². The van der Waals surface area contributed by atoms with Gasteiger partial charge < -0.3 is 19.3 Å². The Balaban J connectivity index is 2.44. The molecule has 1 aromatic carbocycles. The first kappa shape index (κ1) is 16.5. The monoisotopic (exact) mass is 308 g/mol. The molecule has 1 saturated carbocycles. The van der Waals surface area contributed by atoms with Crippen LogP contribution in [0.25, 0.3) is 0 Å². The molecule has 0 saturated heterocycles. The largest absolute Gasteiger partial charge is 0.493 e. The molecule has 22 heavy (non-hydrogen) atoms. The van der Waals surface area contributed by atoms with Crippen LogP contribution in [0.4, 0.5) is 0 Å². The van der Waals surface area contributed by atoms with Crippen molar-refractivity contribution in [3.63, 3.8) is 0 Å². The predicted octanol–water partition coefficient (Wildman–Crippen LogP) is 3.46. The number of carbonyl (C=O) groups is 1. The van der Waals surface area contributed by atoms with E-state index in [1.807, 2.05) is 0 Å². The summed E-state index contributed by atoms with van der Waals surface area (Å²) >= 11 is 0. The number of aliphatic carboxylic acids is 1. The molecule has 0 bridgehead atoms. The molecule has 0 radical (unpaired) electrons. The Bertz CT molecular complexity index is 495. The Morgan fingerprint density at radius 1 is 1.05 bits per heavy atom. The minimum absolute atomic E-state index is 0.161. The lowest BCUT2D eigenvalue weighted by Crippen LogP contribution is -2.23. The van der Waals surface area contributed by atoms with E-state index in [2.05, 4.69) is 0 Å². The van der Waals surface area contributed by atoms with Crippen molar-refractivity contribution in [2.75, 3.05) is 21.3 Å². The van der Waals surface area contributed by atoms with Gasteiger partial charge in [0, 0.05) is 0 Å². The summed E-state index contributed by atoms with van der Waals surface area (Å²) in [7, 11) is 4.62. The Hall–Kier alpha value is -1.91. The summed E-state index contributed by atoms with van der Waals surface area (Å²) < 4.78 is 16.0. The highest BCUT2D eigenvalue weighted by atomic mass is 16.5. The average Bonchev–Trinajstić information content (AvgIpc) is 2.54. The van der Waals surface area contributed by atoms with E-state index < -0.39 is 11.9 Å². The van der Waals surface area contributed by atoms with Crippen molar-refractivity contribution in [3.05, 3.63) is 17.7 Å². The summed E-state index contributed by atoms with van der Waals surface area (Å²) in [5, 5.41) is 9.72. The van der Waals surface area contributed by atoms with Crippen LogP contribution in [0.5, 0.6) is 17.2 Å². The second-order valence-corrected chi connectivity index (χ2v) is 5.67. The van der Waals surface area contributed by atoms with Crippen molar-refractivity contribution >= 4 is 5.97 Å². The fraction of sp³-hybridized carbons (Fsp3) is 0.588. The van der Waals surface area contributed by atoms with E-state index >= 15 is 0 Å². The number of rotatable bonds is 6. The number of carboxylic acids is 1. The summed E-state index contributed by atoms with van der Waals surface area (Å²) in [6.45, 7) is 0. The lowest BCUT2D eigenvalue weighted by Gasteiger charge is -2.28. The van der Waals surface area contributed by atoms with Gasteiger partial charge in [0.15, 0.2) is 11.5 Å². The average molecular weight is 308 g/mol. The highest BCUT2D eigenvalue weighted by Gasteiger charge is 2.32. The molecule has 0 unspecified atom stereocenters. The molecule has 5 heteroatoms. The third-order valence-corrected chi connectivity index (χ3v) is 4.43. The molecule has 1 aromatic rings. The molecule has 0 spiro atoms. The molecular formula is C17H24O5. The van der Waals surface area contributed by atoms with E-state index in [1.165, 1.54) is 27.8 Å². The normalized spacial score (nSPS) is 16.9. The quantitative estimate of drug-likeness (QED) is 0.872. The molecule has 1 aliphatic rings. The van der Waals surface area contributed by atoms with Gasteiger partial charge in [0.05, 0.1) is 27.2 Å². The number of methoxy groups -OCH3 is 3. The Morgan fingerprint density at radius 3 is 2.00 bits per heavy atom. The number of benzene rings is 1. The fourth-order valence-corrected chi connectivity index (χ4v) is 3.36. The zero-order valence-electron chi connectivity index (χ0n) is 13.4. The number of carboxylic acid groups (broad SMARTS) is 1. The van der Waals surface area contributed by atoms with Crippen LogP contribution in [0, 0.1) is 5.92 Å². The summed E-state index contributed by atoms with van der Waals surface area (Å²) in [5.74, 6) is 0.323. The maximum absolute atomic E-state index is 11.8. The van der Waals surface area contributed by atoms with Crippen molar-refractivity contribution < 1.29 is 24.1 Å². The molecule has 1 aliphatic carbocycles. The van der Waals surface area contributed by atoms with Gasteiger partial charge in [-0.2, -0.15) is 0 Å². The Kier molecular flexibility index (Phi) is 5.52. The van der Waals surface area contributed by atoms with Gasteiger partial charge in [-0.1, -0.05) is 19.3 Å². The lowest BCUT2D eigenvalue weighted by atomic mass is 9.76. The molecule has 2 rings (SSSR count). The smallest absolute Gasteiger partial charge is 0.311 e. The highest BCUT2D eigenvalue weighted by molar-refractivity contribution is 5.77. The van der Waals surface area contributed by atoms with Crippen molar-refractivity contribution in [2.24, 2.45) is 5.92 Å². The van der Waals surface area contributed by atoms with E-state index in [0.717, 1.165) is 25.7 Å². The summed E-state index contributed by atoms with van der Waals surface area (Å²) in [6.07, 6.45) is 5.29. The van der Waals surface area contributed by atoms with Crippen LogP contribution in [0.15, 0.2) is 12.1 Å². The molecule has 1 N–H and O–H groups in total. The van der Waals surface area contributed by atoms with E-state index in [-0.39, 0.29) is 5.92 Å². The van der Waals surface area contributed by atoms with Gasteiger partial charge in [-0.05, 0) is 36.5 Å². The minimum atomic E-state index is -0.791. The molecule has 0 aromatic heterocycles. The minimum Gasteiger partial charge on any atom is -0.493 e. The number of hydrogen-bond donors (Lipinski definition) is 1. The topological polar surface area (TPSA) is 65.0 Å². The third kappa shape index (κ3) is 3.29. The van der Waals surface area contributed by atoms with Gasteiger partial charge in [-0.25, -0.2) is 0 Å². The molecule has 5 nitrogen and oxygen atoms in total. The Morgan fingerprint density at radius 2 is 1.59 bits per heavy atom. The van der Waals surface area contributed by atoms with Gasteiger partial charge in [-0.3, -0.25) is 4.79 Å². The Labute approximate surface area is 131 Å². The molecule has 1 fully saturated rings. The summed E-state index contributed by atoms with van der Waals surface area (Å²) in [4.78, 5) is 11.8. The molecule has 1 atom stereocenters. The first-order chi connectivity index (χ1) is 10.6. The zero-order chi connectivity index (χ0) is 16.1. The molecule has 0 amide bonds. The first-order valence-electron chi connectivity index (χ1n) is 7.65. The van der Waals surface area contributed by atoms with Gasteiger partial charge in [0.2, 0.25) is 5.75 Å². The third-order valence-electron chi connectivity index (χ3n) is 4.43.